The van der Waals surface area contributed by atoms with Gasteiger partial charge >= 0.3 is 0 Å². The van der Waals surface area contributed by atoms with Crippen LogP contribution in [0.3, 0.4) is 0 Å². The lowest BCUT2D eigenvalue weighted by Gasteiger charge is -2.02. The molecule has 0 aliphatic heterocycles. The maximum atomic E-state index is 10.7. The van der Waals surface area contributed by atoms with Crippen LogP contribution >= 0.6 is 11.8 Å². The van der Waals surface area contributed by atoms with Crippen LogP contribution in [0.4, 0.5) is 5.69 Å². The van der Waals surface area contributed by atoms with Gasteiger partial charge in [-0.2, -0.15) is 0 Å². The average molecular weight is 355 g/mol. The van der Waals surface area contributed by atoms with Gasteiger partial charge in [-0.15, -0.1) is 10.2 Å². The number of rotatable bonds is 6. The summed E-state index contributed by atoms with van der Waals surface area (Å²) in [6, 6.07) is 12.7. The SMILES string of the molecule is Cc1ccc(Cc2nnc(SCc3ccc([N+](=O)[O-])cc3)o2)cc1C. The summed E-state index contributed by atoms with van der Waals surface area (Å²) in [7, 11) is 0. The van der Waals surface area contributed by atoms with E-state index >= 15 is 0 Å². The molecule has 3 aromatic rings. The number of thioether (sulfide) groups is 1. The first kappa shape index (κ1) is 17.2. The number of non-ortho nitro benzene ring substituents is 1. The standard InChI is InChI=1S/C18H17N3O3S/c1-12-3-4-15(9-13(12)2)10-17-19-20-18(24-17)25-11-14-5-7-16(8-6-14)21(22)23/h3-9H,10-11H2,1-2H3. The molecule has 128 valence electrons. The monoisotopic (exact) mass is 355 g/mol. The van der Waals surface area contributed by atoms with Crippen LogP contribution in [0, 0.1) is 24.0 Å². The number of hydrogen-bond donors (Lipinski definition) is 0. The molecule has 1 aromatic heterocycles. The van der Waals surface area contributed by atoms with Crippen molar-refractivity contribution in [3.63, 3.8) is 0 Å². The molecular weight excluding hydrogens is 338 g/mol. The zero-order valence-electron chi connectivity index (χ0n) is 13.9. The van der Waals surface area contributed by atoms with Gasteiger partial charge in [0.05, 0.1) is 11.3 Å². The smallest absolute Gasteiger partial charge is 0.276 e. The van der Waals surface area contributed by atoms with Crippen molar-refractivity contribution < 1.29 is 9.34 Å². The Labute approximate surface area is 149 Å². The van der Waals surface area contributed by atoms with Crippen molar-refractivity contribution in [2.45, 2.75) is 31.2 Å². The zero-order valence-corrected chi connectivity index (χ0v) is 14.7. The lowest BCUT2D eigenvalue weighted by Crippen LogP contribution is -1.90. The Morgan fingerprint density at radius 3 is 2.44 bits per heavy atom. The number of hydrogen-bond acceptors (Lipinski definition) is 6. The van der Waals surface area contributed by atoms with E-state index in [2.05, 4.69) is 42.2 Å². The van der Waals surface area contributed by atoms with Gasteiger partial charge in [-0.1, -0.05) is 42.1 Å². The third-order valence-corrected chi connectivity index (χ3v) is 4.77. The van der Waals surface area contributed by atoms with Gasteiger partial charge in [0, 0.05) is 17.9 Å². The molecule has 0 bridgehead atoms. The van der Waals surface area contributed by atoms with Gasteiger partial charge in [0.15, 0.2) is 0 Å². The fraction of sp³-hybridized carbons (Fsp3) is 0.222. The number of nitro groups is 1. The molecule has 0 fully saturated rings. The second kappa shape index (κ2) is 7.48. The second-order valence-corrected chi connectivity index (χ2v) is 6.70. The normalized spacial score (nSPS) is 10.8. The van der Waals surface area contributed by atoms with Crippen LogP contribution in [0.1, 0.15) is 28.1 Å². The van der Waals surface area contributed by atoms with E-state index in [1.165, 1.54) is 35.0 Å². The minimum Gasteiger partial charge on any atom is -0.416 e. The zero-order chi connectivity index (χ0) is 17.8. The number of aromatic nitrogens is 2. The summed E-state index contributed by atoms with van der Waals surface area (Å²) in [4.78, 5) is 10.2. The average Bonchev–Trinajstić information content (AvgIpc) is 3.04. The van der Waals surface area contributed by atoms with Gasteiger partial charge in [-0.25, -0.2) is 0 Å². The van der Waals surface area contributed by atoms with E-state index in [1.54, 1.807) is 12.1 Å². The lowest BCUT2D eigenvalue weighted by molar-refractivity contribution is -0.384. The van der Waals surface area contributed by atoms with Crippen LogP contribution in [0.5, 0.6) is 0 Å². The quantitative estimate of drug-likeness (QED) is 0.368. The Kier molecular flexibility index (Phi) is 5.14. The summed E-state index contributed by atoms with van der Waals surface area (Å²) in [6.07, 6.45) is 0.603. The molecule has 6 nitrogen and oxygen atoms in total. The Morgan fingerprint density at radius 1 is 1.04 bits per heavy atom. The van der Waals surface area contributed by atoms with Gasteiger partial charge in [-0.05, 0) is 36.1 Å². The largest absolute Gasteiger partial charge is 0.416 e. The molecule has 0 amide bonds. The first-order valence-electron chi connectivity index (χ1n) is 7.76. The minimum atomic E-state index is -0.409. The third kappa shape index (κ3) is 4.45. The predicted octanol–water partition coefficient (Wildman–Crippen LogP) is 4.48. The summed E-state index contributed by atoms with van der Waals surface area (Å²) < 4.78 is 5.67. The van der Waals surface area contributed by atoms with Crippen molar-refractivity contribution >= 4 is 17.4 Å². The van der Waals surface area contributed by atoms with E-state index in [-0.39, 0.29) is 5.69 Å². The summed E-state index contributed by atoms with van der Waals surface area (Å²) in [5.41, 5.74) is 4.68. The van der Waals surface area contributed by atoms with Crippen LogP contribution < -0.4 is 0 Å². The van der Waals surface area contributed by atoms with Gasteiger partial charge < -0.3 is 4.42 Å². The van der Waals surface area contributed by atoms with Crippen LogP contribution in [0.15, 0.2) is 52.1 Å². The molecule has 0 N–H and O–H groups in total. The molecular formula is C18H17N3O3S. The highest BCUT2D eigenvalue weighted by atomic mass is 32.2. The third-order valence-electron chi connectivity index (χ3n) is 3.88. The van der Waals surface area contributed by atoms with Crippen LogP contribution in [-0.2, 0) is 12.2 Å². The van der Waals surface area contributed by atoms with Crippen molar-refractivity contribution in [2.24, 2.45) is 0 Å². The van der Waals surface area contributed by atoms with Gasteiger partial charge in [0.1, 0.15) is 0 Å². The van der Waals surface area contributed by atoms with Crippen LogP contribution in [0.2, 0.25) is 0 Å². The fourth-order valence-electron chi connectivity index (χ4n) is 2.32. The molecule has 3 rings (SSSR count). The summed E-state index contributed by atoms with van der Waals surface area (Å²) in [5, 5.41) is 19.3. The molecule has 0 unspecified atom stereocenters. The predicted molar refractivity (Wildman–Crippen MR) is 95.7 cm³/mol. The first-order valence-corrected chi connectivity index (χ1v) is 8.74. The second-order valence-electron chi connectivity index (χ2n) is 5.77. The fourth-order valence-corrected chi connectivity index (χ4v) is 3.05. The Hall–Kier alpha value is -2.67. The van der Waals surface area contributed by atoms with E-state index in [4.69, 9.17) is 4.42 Å². The van der Waals surface area contributed by atoms with Crippen molar-refractivity contribution in [1.82, 2.24) is 10.2 Å². The first-order chi connectivity index (χ1) is 12.0. The van der Waals surface area contributed by atoms with Crippen LogP contribution in [-0.4, -0.2) is 15.1 Å². The maximum absolute atomic E-state index is 10.7. The van der Waals surface area contributed by atoms with E-state index < -0.39 is 4.92 Å². The highest BCUT2D eigenvalue weighted by Gasteiger charge is 2.09. The Morgan fingerprint density at radius 2 is 1.76 bits per heavy atom. The van der Waals surface area contributed by atoms with E-state index in [1.807, 2.05) is 0 Å². The van der Waals surface area contributed by atoms with Crippen molar-refractivity contribution in [2.75, 3.05) is 0 Å². The lowest BCUT2D eigenvalue weighted by atomic mass is 10.0. The molecule has 2 aromatic carbocycles. The molecule has 0 aliphatic rings. The van der Waals surface area contributed by atoms with Gasteiger partial charge in [0.25, 0.3) is 10.9 Å². The molecule has 0 saturated heterocycles. The molecule has 0 atom stereocenters. The Bertz CT molecular complexity index is 891. The molecule has 0 spiro atoms. The number of benzene rings is 2. The maximum Gasteiger partial charge on any atom is 0.276 e. The van der Waals surface area contributed by atoms with Crippen LogP contribution in [0.25, 0.3) is 0 Å². The highest BCUT2D eigenvalue weighted by molar-refractivity contribution is 7.98. The Balaban J connectivity index is 1.59. The molecule has 0 aliphatic carbocycles. The van der Waals surface area contributed by atoms with Gasteiger partial charge in [-0.3, -0.25) is 10.1 Å². The van der Waals surface area contributed by atoms with Gasteiger partial charge in [0.2, 0.25) is 5.89 Å². The summed E-state index contributed by atoms with van der Waals surface area (Å²) in [5.74, 6) is 1.19. The van der Waals surface area contributed by atoms with Crippen molar-refractivity contribution in [1.29, 1.82) is 0 Å². The molecule has 1 heterocycles. The number of nitrogens with zero attached hydrogens (tertiary/aromatic N) is 3. The molecule has 0 saturated carbocycles. The topological polar surface area (TPSA) is 82.1 Å². The number of nitro benzene ring substituents is 1. The molecule has 7 heteroatoms. The van der Waals surface area contributed by atoms with Crippen molar-refractivity contribution in [3.8, 4) is 0 Å². The summed E-state index contributed by atoms with van der Waals surface area (Å²) in [6.45, 7) is 4.16. The van der Waals surface area contributed by atoms with E-state index in [9.17, 15) is 10.1 Å². The van der Waals surface area contributed by atoms with E-state index in [0.717, 1.165) is 11.1 Å². The molecule has 0 radical (unpaired) electrons. The van der Waals surface area contributed by atoms with E-state index in [0.29, 0.717) is 23.3 Å². The summed E-state index contributed by atoms with van der Waals surface area (Å²) >= 11 is 1.41. The highest BCUT2D eigenvalue weighted by Crippen LogP contribution is 2.23. The van der Waals surface area contributed by atoms with Crippen molar-refractivity contribution in [3.05, 3.63) is 80.7 Å². The minimum absolute atomic E-state index is 0.0854. The molecule has 25 heavy (non-hydrogen) atoms. The number of aryl methyl sites for hydroxylation is 2.